The molecule has 0 aliphatic heterocycles. The molecule has 0 unspecified atom stereocenters. The second-order valence-electron chi connectivity index (χ2n) is 10.5. The molecule has 3 aromatic rings. The summed E-state index contributed by atoms with van der Waals surface area (Å²) in [7, 11) is 0. The first-order chi connectivity index (χ1) is 18.4. The molecule has 0 atom stereocenters. The normalized spacial score (nSPS) is 11.5. The lowest BCUT2D eigenvalue weighted by Crippen LogP contribution is -2.24. The lowest BCUT2D eigenvalue weighted by Gasteiger charge is -2.19. The lowest BCUT2D eigenvalue weighted by molar-refractivity contribution is -0.154. The van der Waals surface area contributed by atoms with E-state index < -0.39 is 5.60 Å². The van der Waals surface area contributed by atoms with Crippen LogP contribution in [0, 0.1) is 6.92 Å². The Morgan fingerprint density at radius 1 is 1.00 bits per heavy atom. The number of aromatic nitrogens is 2. The molecule has 0 saturated carbocycles. The van der Waals surface area contributed by atoms with Gasteiger partial charge in [-0.1, -0.05) is 17.7 Å². The minimum atomic E-state index is -0.535. The molecule has 0 aliphatic rings. The van der Waals surface area contributed by atoms with Gasteiger partial charge in [0.1, 0.15) is 22.3 Å². The van der Waals surface area contributed by atoms with E-state index in [2.05, 4.69) is 9.97 Å². The van der Waals surface area contributed by atoms with Gasteiger partial charge in [-0.15, -0.1) is 0 Å². The van der Waals surface area contributed by atoms with Crippen LogP contribution in [0.4, 0.5) is 0 Å². The first-order valence-electron chi connectivity index (χ1n) is 13.1. The maximum atomic E-state index is 12.3. The number of pyridine rings is 1. The molecule has 0 bridgehead atoms. The Kier molecular flexibility index (Phi) is 10.5. The second-order valence-corrected chi connectivity index (χ2v) is 10.9. The van der Waals surface area contributed by atoms with E-state index in [0.29, 0.717) is 48.4 Å². The number of halogens is 1. The van der Waals surface area contributed by atoms with Crippen molar-refractivity contribution in [1.29, 1.82) is 0 Å². The number of rotatable bonds is 12. The maximum Gasteiger partial charge on any atom is 0.306 e. The number of esters is 2. The Hall–Kier alpha value is -3.39. The van der Waals surface area contributed by atoms with Crippen LogP contribution < -0.4 is 4.74 Å². The third kappa shape index (κ3) is 10.0. The van der Waals surface area contributed by atoms with Gasteiger partial charge in [0.15, 0.2) is 0 Å². The van der Waals surface area contributed by atoms with E-state index in [-0.39, 0.29) is 30.9 Å². The zero-order chi connectivity index (χ0) is 28.6. The van der Waals surface area contributed by atoms with E-state index in [1.54, 1.807) is 12.3 Å². The number of aryl methyl sites for hydroxylation is 3. The highest BCUT2D eigenvalue weighted by atomic mass is 35.5. The van der Waals surface area contributed by atoms with E-state index >= 15 is 0 Å². The molecule has 0 fully saturated rings. The first-order valence-corrected chi connectivity index (χ1v) is 13.5. The van der Waals surface area contributed by atoms with Crippen molar-refractivity contribution in [2.24, 2.45) is 0 Å². The van der Waals surface area contributed by atoms with Crippen molar-refractivity contribution in [3.8, 4) is 17.2 Å². The Labute approximate surface area is 235 Å². The summed E-state index contributed by atoms with van der Waals surface area (Å²) < 4.78 is 22.6. The van der Waals surface area contributed by atoms with Crippen LogP contribution >= 0.6 is 11.6 Å². The van der Waals surface area contributed by atoms with Gasteiger partial charge < -0.3 is 18.6 Å². The van der Waals surface area contributed by atoms with Gasteiger partial charge in [-0.05, 0) is 89.8 Å². The summed E-state index contributed by atoms with van der Waals surface area (Å²) in [5.41, 5.74) is 2.92. The van der Waals surface area contributed by atoms with Crippen LogP contribution in [0.3, 0.4) is 0 Å². The van der Waals surface area contributed by atoms with Crippen LogP contribution in [0.25, 0.3) is 11.5 Å². The Morgan fingerprint density at radius 3 is 2.38 bits per heavy atom. The van der Waals surface area contributed by atoms with Crippen molar-refractivity contribution < 1.29 is 28.2 Å². The van der Waals surface area contributed by atoms with E-state index in [1.165, 1.54) is 0 Å². The van der Waals surface area contributed by atoms with Crippen molar-refractivity contribution in [2.75, 3.05) is 6.61 Å². The molecule has 39 heavy (non-hydrogen) atoms. The number of carbonyl (C=O) groups is 2. The summed E-state index contributed by atoms with van der Waals surface area (Å²) in [5, 5.41) is 0.405. The largest absolute Gasteiger partial charge is 0.493 e. The Balaban J connectivity index is 1.65. The average molecular weight is 557 g/mol. The molecule has 0 radical (unpaired) electrons. The molecule has 0 aliphatic carbocycles. The molecule has 8 nitrogen and oxygen atoms in total. The number of nitrogens with zero attached hydrogens (tertiary/aromatic N) is 2. The van der Waals surface area contributed by atoms with E-state index in [1.807, 2.05) is 65.8 Å². The molecule has 0 spiro atoms. The summed E-state index contributed by atoms with van der Waals surface area (Å²) in [4.78, 5) is 33.1. The Morgan fingerprint density at radius 2 is 1.72 bits per heavy atom. The fraction of sp³-hybridized carbons (Fsp3) is 0.467. The second kappa shape index (κ2) is 13.6. The van der Waals surface area contributed by atoms with E-state index in [9.17, 15) is 9.59 Å². The fourth-order valence-corrected chi connectivity index (χ4v) is 4.02. The molecule has 2 aromatic heterocycles. The molecule has 9 heteroatoms. The minimum absolute atomic E-state index is 0.171. The van der Waals surface area contributed by atoms with Gasteiger partial charge in [-0.25, -0.2) is 9.97 Å². The first kappa shape index (κ1) is 30.2. The summed E-state index contributed by atoms with van der Waals surface area (Å²) in [6.07, 6.45) is 3.47. The van der Waals surface area contributed by atoms with Crippen molar-refractivity contribution in [3.05, 3.63) is 64.3 Å². The molecular weight excluding hydrogens is 520 g/mol. The molecule has 1 aromatic carbocycles. The van der Waals surface area contributed by atoms with Gasteiger partial charge in [0.2, 0.25) is 5.89 Å². The van der Waals surface area contributed by atoms with Gasteiger partial charge in [0.25, 0.3) is 0 Å². The number of ether oxygens (including phenoxy) is 3. The van der Waals surface area contributed by atoms with Crippen molar-refractivity contribution in [2.45, 2.75) is 85.4 Å². The monoisotopic (exact) mass is 556 g/mol. The third-order valence-electron chi connectivity index (χ3n) is 5.64. The van der Waals surface area contributed by atoms with E-state index in [4.69, 9.17) is 30.2 Å². The van der Waals surface area contributed by atoms with Gasteiger partial charge in [-0.3, -0.25) is 9.59 Å². The van der Waals surface area contributed by atoms with Crippen LogP contribution in [0.1, 0.15) is 70.0 Å². The topological polar surface area (TPSA) is 101 Å². The van der Waals surface area contributed by atoms with Crippen LogP contribution in [0.2, 0.25) is 5.15 Å². The van der Waals surface area contributed by atoms with Gasteiger partial charge in [0, 0.05) is 25.5 Å². The van der Waals surface area contributed by atoms with E-state index in [0.717, 1.165) is 22.4 Å². The highest BCUT2D eigenvalue weighted by Gasteiger charge is 2.18. The molecule has 0 saturated heterocycles. The van der Waals surface area contributed by atoms with Crippen molar-refractivity contribution in [3.63, 3.8) is 0 Å². The fourth-order valence-electron chi connectivity index (χ4n) is 3.91. The smallest absolute Gasteiger partial charge is 0.306 e. The summed E-state index contributed by atoms with van der Waals surface area (Å²) in [6.45, 7) is 11.4. The van der Waals surface area contributed by atoms with Crippen LogP contribution in [-0.4, -0.2) is 40.2 Å². The molecule has 210 valence electrons. The van der Waals surface area contributed by atoms with Gasteiger partial charge in [0.05, 0.1) is 24.0 Å². The number of carbonyl (C=O) groups excluding carboxylic acids is 2. The quantitative estimate of drug-likeness (QED) is 0.184. The van der Waals surface area contributed by atoms with Crippen molar-refractivity contribution in [1.82, 2.24) is 9.97 Å². The summed E-state index contributed by atoms with van der Waals surface area (Å²) in [6, 6.07) is 9.24. The Bertz CT molecular complexity index is 1260. The molecule has 3 rings (SSSR count). The molecule has 0 N–H and O–H groups in total. The molecule has 0 amide bonds. The summed E-state index contributed by atoms with van der Waals surface area (Å²) in [5.74, 6) is 1.35. The zero-order valence-corrected chi connectivity index (χ0v) is 24.3. The standard InChI is InChI=1S/C30H37ClN2O6/c1-19(2)37-27(34)13-10-22-17-24(11-7-21(22)9-14-28(35)39-30(4,5)6)36-16-15-25-20(3)38-29(33-25)23-8-12-26(31)32-18-23/h7-8,11-12,17-19H,9-10,13-16H2,1-6H3. The average Bonchev–Trinajstić information content (AvgIpc) is 3.21. The van der Waals surface area contributed by atoms with Crippen LogP contribution in [-0.2, 0) is 38.3 Å². The van der Waals surface area contributed by atoms with Crippen LogP contribution in [0.5, 0.6) is 5.75 Å². The number of hydrogen-bond acceptors (Lipinski definition) is 8. The maximum absolute atomic E-state index is 12.3. The molecular formula is C30H37ClN2O6. The van der Waals surface area contributed by atoms with Gasteiger partial charge >= 0.3 is 11.9 Å². The van der Waals surface area contributed by atoms with Gasteiger partial charge in [-0.2, -0.15) is 0 Å². The minimum Gasteiger partial charge on any atom is -0.493 e. The third-order valence-corrected chi connectivity index (χ3v) is 5.86. The number of oxazole rings is 1. The van der Waals surface area contributed by atoms with Crippen molar-refractivity contribution >= 4 is 23.5 Å². The molecule has 2 heterocycles. The number of benzene rings is 1. The highest BCUT2D eigenvalue weighted by Crippen LogP contribution is 2.24. The zero-order valence-electron chi connectivity index (χ0n) is 23.5. The lowest BCUT2D eigenvalue weighted by atomic mass is 9.98. The predicted molar refractivity (Wildman–Crippen MR) is 149 cm³/mol. The predicted octanol–water partition coefficient (Wildman–Crippen LogP) is 6.48. The van der Waals surface area contributed by atoms with Crippen LogP contribution in [0.15, 0.2) is 40.9 Å². The highest BCUT2D eigenvalue weighted by molar-refractivity contribution is 6.29. The SMILES string of the molecule is Cc1oc(-c2ccc(Cl)nc2)nc1CCOc1ccc(CCC(=O)OC(C)(C)C)c(CCC(=O)OC(C)C)c1. The number of hydrogen-bond donors (Lipinski definition) is 0. The summed E-state index contributed by atoms with van der Waals surface area (Å²) >= 11 is 5.87.